The Morgan fingerprint density at radius 1 is 0.944 bits per heavy atom. The molecule has 0 aliphatic heterocycles. The van der Waals surface area contributed by atoms with Crippen molar-refractivity contribution in [3.8, 4) is 5.75 Å². The van der Waals surface area contributed by atoms with Gasteiger partial charge in [0, 0.05) is 13.1 Å². The number of carbonyl (C=O) groups is 1. The van der Waals surface area contributed by atoms with Gasteiger partial charge in [-0.05, 0) is 60.7 Å². The highest BCUT2D eigenvalue weighted by molar-refractivity contribution is 5.83. The monoisotopic (exact) mass is 506 g/mol. The van der Waals surface area contributed by atoms with E-state index in [0.717, 1.165) is 17.7 Å². The molecule has 0 aliphatic rings. The normalized spacial score (nSPS) is 13.3. The number of halogens is 5. The first kappa shape index (κ1) is 27.1. The summed E-state index contributed by atoms with van der Waals surface area (Å²) in [6, 6.07) is 17.2. The molecule has 0 heterocycles. The second-order valence-electron chi connectivity index (χ2n) is 8.36. The van der Waals surface area contributed by atoms with Gasteiger partial charge in [-0.2, -0.15) is 22.0 Å². The Kier molecular flexibility index (Phi) is 9.03. The van der Waals surface area contributed by atoms with Gasteiger partial charge in [0.2, 0.25) is 5.91 Å². The Morgan fingerprint density at radius 3 is 2.19 bits per heavy atom. The number of amides is 1. The number of carbonyl (C=O) groups excluding carboxylic acids is 1. The first-order valence-electron chi connectivity index (χ1n) is 11.3. The molecule has 0 spiro atoms. The van der Waals surface area contributed by atoms with Gasteiger partial charge in [-0.1, -0.05) is 54.1 Å². The molecular formula is C27H27F5N2O2. The van der Waals surface area contributed by atoms with E-state index in [1.807, 2.05) is 31.2 Å². The number of likely N-dealkylation sites (N-methyl/N-ethyl adjacent to an activating group) is 1. The van der Waals surface area contributed by atoms with Gasteiger partial charge in [0.1, 0.15) is 11.8 Å². The zero-order valence-electron chi connectivity index (χ0n) is 19.8. The molecular weight excluding hydrogens is 479 g/mol. The zero-order valence-corrected chi connectivity index (χ0v) is 19.8. The van der Waals surface area contributed by atoms with Crippen molar-refractivity contribution < 1.29 is 31.5 Å². The zero-order chi connectivity index (χ0) is 26.3. The van der Waals surface area contributed by atoms with Crippen molar-refractivity contribution in [2.45, 2.75) is 44.6 Å². The minimum absolute atomic E-state index is 0.0318. The van der Waals surface area contributed by atoms with Crippen LogP contribution in [0, 0.1) is 6.92 Å². The van der Waals surface area contributed by atoms with Crippen molar-refractivity contribution in [3.63, 3.8) is 0 Å². The van der Waals surface area contributed by atoms with Crippen LogP contribution in [0.5, 0.6) is 5.75 Å². The van der Waals surface area contributed by atoms with Gasteiger partial charge in [-0.25, -0.2) is 0 Å². The van der Waals surface area contributed by atoms with Crippen molar-refractivity contribution in [1.82, 2.24) is 10.6 Å². The molecule has 0 aliphatic carbocycles. The van der Waals surface area contributed by atoms with Crippen LogP contribution in [0.25, 0.3) is 0 Å². The predicted octanol–water partition coefficient (Wildman–Crippen LogP) is 6.37. The molecule has 2 atom stereocenters. The molecule has 0 saturated carbocycles. The summed E-state index contributed by atoms with van der Waals surface area (Å²) in [7, 11) is 1.51. The molecule has 36 heavy (non-hydrogen) atoms. The molecule has 192 valence electrons. The molecule has 0 aromatic heterocycles. The van der Waals surface area contributed by atoms with Crippen molar-refractivity contribution >= 4 is 5.91 Å². The molecule has 9 heteroatoms. The van der Waals surface area contributed by atoms with Crippen LogP contribution in [0.4, 0.5) is 22.0 Å². The van der Waals surface area contributed by atoms with Gasteiger partial charge < -0.3 is 10.1 Å². The minimum atomic E-state index is -4.43. The predicted molar refractivity (Wildman–Crippen MR) is 127 cm³/mol. The molecule has 0 saturated heterocycles. The van der Waals surface area contributed by atoms with Gasteiger partial charge in [0.15, 0.2) is 0 Å². The highest BCUT2D eigenvalue weighted by Gasteiger charge is 2.30. The van der Waals surface area contributed by atoms with Crippen LogP contribution in [0.15, 0.2) is 72.8 Å². The van der Waals surface area contributed by atoms with Crippen molar-refractivity contribution in [3.05, 3.63) is 101 Å². The number of ether oxygens (including phenoxy) is 1. The van der Waals surface area contributed by atoms with Crippen LogP contribution in [0.2, 0.25) is 0 Å². The van der Waals surface area contributed by atoms with E-state index < -0.39 is 30.4 Å². The Labute approximate surface area is 206 Å². The summed E-state index contributed by atoms with van der Waals surface area (Å²) in [5, 5.41) is 5.94. The van der Waals surface area contributed by atoms with E-state index in [0.29, 0.717) is 29.5 Å². The van der Waals surface area contributed by atoms with Gasteiger partial charge in [-0.3, -0.25) is 10.1 Å². The molecule has 0 radical (unpaired) electrons. The van der Waals surface area contributed by atoms with E-state index in [4.69, 9.17) is 0 Å². The third-order valence-electron chi connectivity index (χ3n) is 5.78. The maximum atomic E-state index is 12.9. The van der Waals surface area contributed by atoms with Gasteiger partial charge in [-0.15, -0.1) is 0 Å². The number of nitrogens with one attached hydrogen (secondary N) is 2. The summed E-state index contributed by atoms with van der Waals surface area (Å²) < 4.78 is 68.8. The molecule has 0 bridgehead atoms. The third kappa shape index (κ3) is 7.52. The van der Waals surface area contributed by atoms with Crippen molar-refractivity contribution in [2.24, 2.45) is 0 Å². The Balaban J connectivity index is 1.90. The maximum absolute atomic E-state index is 12.9. The molecule has 3 aromatic rings. The topological polar surface area (TPSA) is 50.4 Å². The molecule has 4 nitrogen and oxygen atoms in total. The SMILES string of the molecule is CNC(=O)C(N[C@@H](CCc1ccc(C(F)(F)F)cc1)c1cccc(OC(F)F)c1)c1ccc(C)cc1. The Hall–Kier alpha value is -3.46. The summed E-state index contributed by atoms with van der Waals surface area (Å²) in [4.78, 5) is 12.8. The summed E-state index contributed by atoms with van der Waals surface area (Å²) >= 11 is 0. The number of rotatable bonds is 10. The minimum Gasteiger partial charge on any atom is -0.435 e. The van der Waals surface area contributed by atoms with Crippen LogP contribution in [0.3, 0.4) is 0 Å². The first-order valence-corrected chi connectivity index (χ1v) is 11.3. The summed E-state index contributed by atoms with van der Waals surface area (Å²) in [5.74, 6) is -0.325. The average molecular weight is 507 g/mol. The lowest BCUT2D eigenvalue weighted by Crippen LogP contribution is -2.38. The fourth-order valence-corrected chi connectivity index (χ4v) is 3.85. The summed E-state index contributed by atoms with van der Waals surface area (Å²) in [6.07, 6.45) is -3.67. The van der Waals surface area contributed by atoms with E-state index >= 15 is 0 Å². The van der Waals surface area contributed by atoms with Gasteiger partial charge in [0.05, 0.1) is 5.56 Å². The van der Waals surface area contributed by atoms with Gasteiger partial charge in [0.25, 0.3) is 0 Å². The molecule has 0 fully saturated rings. The average Bonchev–Trinajstić information content (AvgIpc) is 2.84. The molecule has 2 N–H and O–H groups in total. The number of hydrogen-bond acceptors (Lipinski definition) is 3. The quantitative estimate of drug-likeness (QED) is 0.315. The number of benzene rings is 3. The first-order chi connectivity index (χ1) is 17.1. The van der Waals surface area contributed by atoms with Crippen LogP contribution in [-0.4, -0.2) is 19.6 Å². The fraction of sp³-hybridized carbons (Fsp3) is 0.296. The summed E-state index contributed by atoms with van der Waals surface area (Å²) in [5.41, 5.74) is 2.25. The smallest absolute Gasteiger partial charge is 0.416 e. The van der Waals surface area contributed by atoms with Crippen molar-refractivity contribution in [2.75, 3.05) is 7.05 Å². The van der Waals surface area contributed by atoms with E-state index in [1.165, 1.54) is 31.3 Å². The Bertz CT molecular complexity index is 1130. The number of aryl methyl sites for hydroxylation is 2. The summed E-state index contributed by atoms with van der Waals surface area (Å²) in [6.45, 7) is -1.07. The fourth-order valence-electron chi connectivity index (χ4n) is 3.85. The highest BCUT2D eigenvalue weighted by atomic mass is 19.4. The largest absolute Gasteiger partial charge is 0.435 e. The van der Waals surface area contributed by atoms with Crippen molar-refractivity contribution in [1.29, 1.82) is 0 Å². The van der Waals surface area contributed by atoms with Crippen LogP contribution in [-0.2, 0) is 17.4 Å². The van der Waals surface area contributed by atoms with E-state index in [9.17, 15) is 26.7 Å². The van der Waals surface area contributed by atoms with E-state index in [2.05, 4.69) is 15.4 Å². The standard InChI is InChI=1S/C27H27F5N2O2/c1-17-6-11-19(12-7-17)24(25(35)33-2)34-23(20-4-3-5-22(16-20)36-26(28)29)15-10-18-8-13-21(14-9-18)27(30,31)32/h3-9,11-14,16,23-24,26,34H,10,15H2,1-2H3,(H,33,35)/t23-,24?/m0/s1. The van der Waals surface area contributed by atoms with E-state index in [1.54, 1.807) is 12.1 Å². The van der Waals surface area contributed by atoms with Gasteiger partial charge >= 0.3 is 12.8 Å². The number of alkyl halides is 5. The molecule has 3 aromatic carbocycles. The lowest BCUT2D eigenvalue weighted by Gasteiger charge is -2.26. The molecule has 1 unspecified atom stereocenters. The Morgan fingerprint density at radius 2 is 1.61 bits per heavy atom. The third-order valence-corrected chi connectivity index (χ3v) is 5.78. The maximum Gasteiger partial charge on any atom is 0.416 e. The molecule has 3 rings (SSSR count). The second kappa shape index (κ2) is 12.0. The van der Waals surface area contributed by atoms with Crippen LogP contribution < -0.4 is 15.4 Å². The second-order valence-corrected chi connectivity index (χ2v) is 8.36. The number of hydrogen-bond donors (Lipinski definition) is 2. The lowest BCUT2D eigenvalue weighted by atomic mass is 9.95. The van der Waals surface area contributed by atoms with E-state index in [-0.39, 0.29) is 11.7 Å². The van der Waals surface area contributed by atoms with Crippen LogP contribution in [0.1, 0.15) is 46.3 Å². The highest BCUT2D eigenvalue weighted by Crippen LogP contribution is 2.31. The van der Waals surface area contributed by atoms with Crippen LogP contribution >= 0.6 is 0 Å². The lowest BCUT2D eigenvalue weighted by molar-refractivity contribution is -0.137. The molecule has 1 amide bonds.